The van der Waals surface area contributed by atoms with Gasteiger partial charge in [-0.3, -0.25) is 0 Å². The zero-order chi connectivity index (χ0) is 27.8. The van der Waals surface area contributed by atoms with Gasteiger partial charge in [0.2, 0.25) is 0 Å². The van der Waals surface area contributed by atoms with E-state index in [-0.39, 0.29) is 33.5 Å². The number of benzene rings is 1. The second kappa shape index (κ2) is 13.3. The minimum atomic E-state index is -1.12. The molecule has 0 radical (unpaired) electrons. The van der Waals surface area contributed by atoms with Crippen LogP contribution in [0.25, 0.3) is 0 Å². The Hall–Kier alpha value is -2.24. The van der Waals surface area contributed by atoms with Crippen molar-refractivity contribution in [2.75, 3.05) is 13.2 Å². The molecule has 0 saturated heterocycles. The number of hydrogen-bond acceptors (Lipinski definition) is 4. The predicted molar refractivity (Wildman–Crippen MR) is 146 cm³/mol. The molecule has 1 rings (SSSR count). The third-order valence-electron chi connectivity index (χ3n) is 6.38. The van der Waals surface area contributed by atoms with Gasteiger partial charge in [-0.1, -0.05) is 69.2 Å². The largest absolute Gasteiger partial charge is 0.492 e. The van der Waals surface area contributed by atoms with Crippen molar-refractivity contribution in [3.63, 3.8) is 0 Å². The van der Waals surface area contributed by atoms with Crippen molar-refractivity contribution in [2.45, 2.75) is 108 Å². The molecule has 0 aliphatic rings. The molecule has 0 saturated carbocycles. The van der Waals surface area contributed by atoms with Crippen LogP contribution < -0.4 is 9.47 Å². The molecule has 2 atom stereocenters. The molecule has 0 amide bonds. The van der Waals surface area contributed by atoms with Gasteiger partial charge in [0.05, 0.1) is 13.2 Å². The van der Waals surface area contributed by atoms with Crippen LogP contribution in [0.5, 0.6) is 11.5 Å². The standard InChI is InChI=1S/C30H50O6/c1-11-21-23(27(31)32)26(36-16-14-20(4)18-30(8,9)10)22(12-2)24(28(33)34)25(21)35-15-13-19(3)17-29(5,6)7/h19-20H,11-18H2,1-10H3,(H,31,32)(H,33,34). The molecule has 206 valence electrons. The fourth-order valence-electron chi connectivity index (χ4n) is 5.27. The number of rotatable bonds is 14. The summed E-state index contributed by atoms with van der Waals surface area (Å²) in [5.74, 6) is -1.10. The quantitative estimate of drug-likeness (QED) is 0.266. The summed E-state index contributed by atoms with van der Waals surface area (Å²) in [6.45, 7) is 21.8. The molecule has 0 aliphatic heterocycles. The third kappa shape index (κ3) is 9.67. The number of aromatic carboxylic acids is 2. The van der Waals surface area contributed by atoms with Crippen molar-refractivity contribution in [3.8, 4) is 11.5 Å². The lowest BCUT2D eigenvalue weighted by Crippen LogP contribution is -2.19. The van der Waals surface area contributed by atoms with Crippen LogP contribution in [-0.2, 0) is 12.8 Å². The monoisotopic (exact) mass is 506 g/mol. The van der Waals surface area contributed by atoms with Gasteiger partial charge in [-0.25, -0.2) is 9.59 Å². The van der Waals surface area contributed by atoms with Crippen LogP contribution in [0.4, 0.5) is 0 Å². The summed E-state index contributed by atoms with van der Waals surface area (Å²) in [7, 11) is 0. The first-order valence-corrected chi connectivity index (χ1v) is 13.5. The Morgan fingerprint density at radius 1 is 0.694 bits per heavy atom. The second-order valence-corrected chi connectivity index (χ2v) is 12.7. The van der Waals surface area contributed by atoms with Gasteiger partial charge in [-0.2, -0.15) is 0 Å². The number of carboxylic acid groups (broad SMARTS) is 2. The first kappa shape index (κ1) is 31.8. The summed E-state index contributed by atoms with van der Waals surface area (Å²) < 4.78 is 12.2. The maximum Gasteiger partial charge on any atom is 0.339 e. The van der Waals surface area contributed by atoms with E-state index in [1.807, 2.05) is 13.8 Å². The Morgan fingerprint density at radius 3 is 1.22 bits per heavy atom. The van der Waals surface area contributed by atoms with Gasteiger partial charge in [-0.15, -0.1) is 0 Å². The van der Waals surface area contributed by atoms with E-state index >= 15 is 0 Å². The molecular weight excluding hydrogens is 456 g/mol. The average molecular weight is 507 g/mol. The fraction of sp³-hybridized carbons (Fsp3) is 0.733. The van der Waals surface area contributed by atoms with E-state index in [4.69, 9.17) is 9.47 Å². The highest BCUT2D eigenvalue weighted by atomic mass is 16.5. The van der Waals surface area contributed by atoms with Crippen LogP contribution in [-0.4, -0.2) is 35.4 Å². The first-order valence-electron chi connectivity index (χ1n) is 13.5. The summed E-state index contributed by atoms with van der Waals surface area (Å²) in [5.41, 5.74) is 1.21. The highest BCUT2D eigenvalue weighted by Gasteiger charge is 2.31. The van der Waals surface area contributed by atoms with E-state index in [1.165, 1.54) is 0 Å². The maximum absolute atomic E-state index is 12.4. The van der Waals surface area contributed by atoms with Gasteiger partial charge >= 0.3 is 11.9 Å². The van der Waals surface area contributed by atoms with E-state index < -0.39 is 11.9 Å². The highest BCUT2D eigenvalue weighted by Crippen LogP contribution is 2.41. The molecule has 6 nitrogen and oxygen atoms in total. The van der Waals surface area contributed by atoms with Crippen LogP contribution in [0.3, 0.4) is 0 Å². The van der Waals surface area contributed by atoms with Gasteiger partial charge in [0.15, 0.2) is 0 Å². The summed E-state index contributed by atoms with van der Waals surface area (Å²) >= 11 is 0. The minimum absolute atomic E-state index is 0.0283. The molecule has 36 heavy (non-hydrogen) atoms. The summed E-state index contributed by atoms with van der Waals surface area (Å²) in [5, 5.41) is 20.3. The molecular formula is C30H50O6. The summed E-state index contributed by atoms with van der Waals surface area (Å²) in [6, 6.07) is 0. The number of hydrogen-bond donors (Lipinski definition) is 2. The van der Waals surface area contributed by atoms with Crippen molar-refractivity contribution in [2.24, 2.45) is 22.7 Å². The number of carbonyl (C=O) groups is 2. The molecule has 0 fully saturated rings. The van der Waals surface area contributed by atoms with E-state index in [2.05, 4.69) is 55.4 Å². The smallest absolute Gasteiger partial charge is 0.339 e. The van der Waals surface area contributed by atoms with Crippen molar-refractivity contribution in [3.05, 3.63) is 22.3 Å². The lowest BCUT2D eigenvalue weighted by molar-refractivity contribution is 0.0669. The Morgan fingerprint density at radius 2 is 1.00 bits per heavy atom. The molecule has 2 N–H and O–H groups in total. The van der Waals surface area contributed by atoms with Gasteiger partial charge in [0.1, 0.15) is 22.6 Å². The molecule has 2 unspecified atom stereocenters. The first-order chi connectivity index (χ1) is 16.5. The second-order valence-electron chi connectivity index (χ2n) is 12.7. The fourth-order valence-corrected chi connectivity index (χ4v) is 5.27. The molecule has 6 heteroatoms. The van der Waals surface area contributed by atoms with E-state index in [0.717, 1.165) is 25.7 Å². The van der Waals surface area contributed by atoms with Gasteiger partial charge in [-0.05, 0) is 61.2 Å². The lowest BCUT2D eigenvalue weighted by Gasteiger charge is -2.26. The topological polar surface area (TPSA) is 93.1 Å². The van der Waals surface area contributed by atoms with Crippen LogP contribution >= 0.6 is 0 Å². The third-order valence-corrected chi connectivity index (χ3v) is 6.38. The average Bonchev–Trinajstić information content (AvgIpc) is 2.70. The predicted octanol–water partition coefficient (Wildman–Crippen LogP) is 7.89. The lowest BCUT2D eigenvalue weighted by atomic mass is 9.84. The SMILES string of the molecule is CCc1c(OCCC(C)CC(C)(C)C)c(C(=O)O)c(CC)c(OCCC(C)CC(C)(C)C)c1C(=O)O. The van der Waals surface area contributed by atoms with E-state index in [1.54, 1.807) is 0 Å². The van der Waals surface area contributed by atoms with Crippen LogP contribution in [0, 0.1) is 22.7 Å². The van der Waals surface area contributed by atoms with Crippen LogP contribution in [0.2, 0.25) is 0 Å². The number of carboxylic acids is 2. The Labute approximate surface area is 218 Å². The summed E-state index contributed by atoms with van der Waals surface area (Å²) in [4.78, 5) is 24.9. The highest BCUT2D eigenvalue weighted by molar-refractivity contribution is 6.01. The molecule has 1 aromatic rings. The van der Waals surface area contributed by atoms with E-state index in [9.17, 15) is 19.8 Å². The Balaban J connectivity index is 3.39. The zero-order valence-electron chi connectivity index (χ0n) is 24.3. The van der Waals surface area contributed by atoms with Crippen LogP contribution in [0.15, 0.2) is 0 Å². The zero-order valence-corrected chi connectivity index (χ0v) is 24.3. The van der Waals surface area contributed by atoms with Crippen molar-refractivity contribution >= 4 is 11.9 Å². The minimum Gasteiger partial charge on any atom is -0.492 e. The molecule has 1 aromatic carbocycles. The molecule has 0 bridgehead atoms. The molecule has 0 aromatic heterocycles. The van der Waals surface area contributed by atoms with Crippen molar-refractivity contribution < 1.29 is 29.3 Å². The van der Waals surface area contributed by atoms with Gasteiger partial charge in [0.25, 0.3) is 0 Å². The summed E-state index contributed by atoms with van der Waals surface area (Å²) in [6.07, 6.45) is 4.21. The number of ether oxygens (including phenoxy) is 2. The Bertz CT molecular complexity index is 815. The molecule has 0 spiro atoms. The van der Waals surface area contributed by atoms with Crippen molar-refractivity contribution in [1.29, 1.82) is 0 Å². The normalized spacial score (nSPS) is 13.8. The van der Waals surface area contributed by atoms with Crippen molar-refractivity contribution in [1.82, 2.24) is 0 Å². The molecule has 0 aliphatic carbocycles. The van der Waals surface area contributed by atoms with E-state index in [0.29, 0.717) is 49.0 Å². The maximum atomic E-state index is 12.4. The van der Waals surface area contributed by atoms with Gasteiger partial charge in [0, 0.05) is 11.1 Å². The van der Waals surface area contributed by atoms with Gasteiger partial charge < -0.3 is 19.7 Å². The molecule has 0 heterocycles. The van der Waals surface area contributed by atoms with Crippen LogP contribution in [0.1, 0.15) is 127 Å². The Kier molecular flexibility index (Phi) is 11.8.